The summed E-state index contributed by atoms with van der Waals surface area (Å²) >= 11 is 2.22. The van der Waals surface area contributed by atoms with Gasteiger partial charge in [-0.15, -0.1) is 0 Å². The summed E-state index contributed by atoms with van der Waals surface area (Å²) in [5, 5.41) is 0. The topological polar surface area (TPSA) is 40.6 Å². The maximum Gasteiger partial charge on any atom is 0.260 e. The Kier molecular flexibility index (Phi) is 6.46. The molecule has 0 saturated carbocycles. The second-order valence-electron chi connectivity index (χ2n) is 6.25. The van der Waals surface area contributed by atoms with Crippen LogP contribution in [0.3, 0.4) is 0 Å². The minimum Gasteiger partial charge on any atom is -0.310 e. The number of rotatable bonds is 5. The van der Waals surface area contributed by atoms with Crippen molar-refractivity contribution in [3.05, 3.63) is 93.6 Å². The van der Waals surface area contributed by atoms with Gasteiger partial charge in [0.1, 0.15) is 0 Å². The molecule has 3 aromatic carbocycles. The van der Waals surface area contributed by atoms with Gasteiger partial charge in [0.25, 0.3) is 11.8 Å². The normalized spacial score (nSPS) is 10.4. The Morgan fingerprint density at radius 1 is 0.786 bits per heavy atom. The third kappa shape index (κ3) is 4.09. The van der Waals surface area contributed by atoms with Crippen molar-refractivity contribution >= 4 is 45.8 Å². The molecule has 0 fully saturated rings. The fraction of sp³-hybridized carbons (Fsp3) is 0.130. The van der Waals surface area contributed by atoms with Gasteiger partial charge in [-0.3, -0.25) is 9.59 Å². The SMILES string of the molecule is CCN(C(=O)c1ccccc1)c1ccccc1C(=O)N(C)c1ccccc1I. The highest BCUT2D eigenvalue weighted by Gasteiger charge is 2.24. The average molecular weight is 484 g/mol. The van der Waals surface area contributed by atoms with E-state index in [1.807, 2.05) is 67.6 Å². The Morgan fingerprint density at radius 2 is 1.36 bits per heavy atom. The van der Waals surface area contributed by atoms with Gasteiger partial charge in [0.05, 0.1) is 16.9 Å². The molecular formula is C23H21IN2O2. The van der Waals surface area contributed by atoms with Crippen LogP contribution in [0.2, 0.25) is 0 Å². The lowest BCUT2D eigenvalue weighted by molar-refractivity contribution is 0.0987. The van der Waals surface area contributed by atoms with Crippen molar-refractivity contribution < 1.29 is 9.59 Å². The Balaban J connectivity index is 1.99. The van der Waals surface area contributed by atoms with Crippen LogP contribution in [0.1, 0.15) is 27.6 Å². The van der Waals surface area contributed by atoms with E-state index in [-0.39, 0.29) is 11.8 Å². The van der Waals surface area contributed by atoms with Crippen LogP contribution < -0.4 is 9.80 Å². The quantitative estimate of drug-likeness (QED) is 0.466. The van der Waals surface area contributed by atoms with Gasteiger partial charge < -0.3 is 9.80 Å². The number of hydrogen-bond donors (Lipinski definition) is 0. The molecule has 0 aliphatic carbocycles. The van der Waals surface area contributed by atoms with Gasteiger partial charge in [-0.25, -0.2) is 0 Å². The van der Waals surface area contributed by atoms with Crippen molar-refractivity contribution in [3.63, 3.8) is 0 Å². The molecule has 0 N–H and O–H groups in total. The molecule has 0 radical (unpaired) electrons. The predicted molar refractivity (Wildman–Crippen MR) is 122 cm³/mol. The summed E-state index contributed by atoms with van der Waals surface area (Å²) < 4.78 is 0.987. The molecule has 0 bridgehead atoms. The van der Waals surface area contributed by atoms with E-state index in [2.05, 4.69) is 22.6 Å². The van der Waals surface area contributed by atoms with Gasteiger partial charge in [-0.1, -0.05) is 42.5 Å². The molecule has 0 saturated heterocycles. The van der Waals surface area contributed by atoms with E-state index in [0.717, 1.165) is 9.26 Å². The summed E-state index contributed by atoms with van der Waals surface area (Å²) in [6.45, 7) is 2.37. The van der Waals surface area contributed by atoms with E-state index in [4.69, 9.17) is 0 Å². The number of nitrogens with zero attached hydrogens (tertiary/aromatic N) is 2. The highest BCUT2D eigenvalue weighted by atomic mass is 127. The zero-order valence-electron chi connectivity index (χ0n) is 15.8. The van der Waals surface area contributed by atoms with Crippen LogP contribution in [0, 0.1) is 3.57 Å². The summed E-state index contributed by atoms with van der Waals surface area (Å²) in [6, 6.07) is 24.1. The smallest absolute Gasteiger partial charge is 0.260 e. The van der Waals surface area contributed by atoms with Gasteiger partial charge >= 0.3 is 0 Å². The van der Waals surface area contributed by atoms with E-state index in [9.17, 15) is 9.59 Å². The first-order chi connectivity index (χ1) is 13.5. The predicted octanol–water partition coefficient (Wildman–Crippen LogP) is 5.23. The first-order valence-electron chi connectivity index (χ1n) is 9.03. The number of benzene rings is 3. The molecule has 0 unspecified atom stereocenters. The summed E-state index contributed by atoms with van der Waals surface area (Å²) in [5.74, 6) is -0.278. The zero-order chi connectivity index (χ0) is 20.1. The molecule has 3 aromatic rings. The summed E-state index contributed by atoms with van der Waals surface area (Å²) in [5.41, 5.74) is 2.54. The summed E-state index contributed by atoms with van der Waals surface area (Å²) in [6.07, 6.45) is 0. The molecule has 0 aliphatic heterocycles. The molecule has 28 heavy (non-hydrogen) atoms. The number of carbonyl (C=O) groups is 2. The Labute approximate surface area is 178 Å². The number of anilines is 2. The van der Waals surface area contributed by atoms with Crippen molar-refractivity contribution in [3.8, 4) is 0 Å². The lowest BCUT2D eigenvalue weighted by Crippen LogP contribution is -2.34. The van der Waals surface area contributed by atoms with Crippen molar-refractivity contribution in [2.75, 3.05) is 23.4 Å². The molecule has 0 aromatic heterocycles. The van der Waals surface area contributed by atoms with Crippen LogP contribution in [0.4, 0.5) is 11.4 Å². The van der Waals surface area contributed by atoms with E-state index < -0.39 is 0 Å². The molecule has 3 rings (SSSR count). The second-order valence-corrected chi connectivity index (χ2v) is 7.41. The molecule has 0 heterocycles. The fourth-order valence-electron chi connectivity index (χ4n) is 3.06. The first-order valence-corrected chi connectivity index (χ1v) is 10.1. The van der Waals surface area contributed by atoms with Gasteiger partial charge in [0.15, 0.2) is 0 Å². The number of halogens is 1. The molecule has 4 nitrogen and oxygen atoms in total. The summed E-state index contributed by atoms with van der Waals surface area (Å²) in [7, 11) is 1.76. The largest absolute Gasteiger partial charge is 0.310 e. The van der Waals surface area contributed by atoms with Crippen LogP contribution in [0.15, 0.2) is 78.9 Å². The monoisotopic (exact) mass is 484 g/mol. The van der Waals surface area contributed by atoms with E-state index in [1.165, 1.54) is 0 Å². The van der Waals surface area contributed by atoms with Crippen LogP contribution in [-0.4, -0.2) is 25.4 Å². The third-order valence-corrected chi connectivity index (χ3v) is 5.44. The molecular weight excluding hydrogens is 463 g/mol. The molecule has 0 atom stereocenters. The van der Waals surface area contributed by atoms with Gasteiger partial charge in [0, 0.05) is 22.7 Å². The Bertz CT molecular complexity index is 989. The Hall–Kier alpha value is -2.67. The van der Waals surface area contributed by atoms with E-state index in [1.54, 1.807) is 35.0 Å². The molecule has 0 spiro atoms. The van der Waals surface area contributed by atoms with Crippen molar-refractivity contribution in [1.82, 2.24) is 0 Å². The van der Waals surface area contributed by atoms with Crippen molar-refractivity contribution in [1.29, 1.82) is 0 Å². The van der Waals surface area contributed by atoms with Gasteiger partial charge in [-0.2, -0.15) is 0 Å². The van der Waals surface area contributed by atoms with Crippen molar-refractivity contribution in [2.45, 2.75) is 6.92 Å². The third-order valence-electron chi connectivity index (χ3n) is 4.53. The molecule has 2 amide bonds. The lowest BCUT2D eigenvalue weighted by atomic mass is 10.1. The standard InChI is InChI=1S/C23H21IN2O2/c1-3-26(22(27)17-11-5-4-6-12-17)20-15-9-7-13-18(20)23(28)25(2)21-16-10-8-14-19(21)24/h4-16H,3H2,1-2H3. The maximum absolute atomic E-state index is 13.3. The molecule has 0 aliphatic rings. The lowest BCUT2D eigenvalue weighted by Gasteiger charge is -2.26. The maximum atomic E-state index is 13.3. The van der Waals surface area contributed by atoms with E-state index in [0.29, 0.717) is 23.4 Å². The first kappa shape index (κ1) is 20.1. The highest BCUT2D eigenvalue weighted by molar-refractivity contribution is 14.1. The van der Waals surface area contributed by atoms with E-state index >= 15 is 0 Å². The second kappa shape index (κ2) is 9.01. The van der Waals surface area contributed by atoms with Gasteiger partial charge in [0.2, 0.25) is 0 Å². The Morgan fingerprint density at radius 3 is 2.00 bits per heavy atom. The highest BCUT2D eigenvalue weighted by Crippen LogP contribution is 2.27. The molecule has 142 valence electrons. The van der Waals surface area contributed by atoms with Crippen LogP contribution in [-0.2, 0) is 0 Å². The van der Waals surface area contributed by atoms with Gasteiger partial charge in [-0.05, 0) is 65.9 Å². The van der Waals surface area contributed by atoms with Crippen LogP contribution in [0.5, 0.6) is 0 Å². The summed E-state index contributed by atoms with van der Waals surface area (Å²) in [4.78, 5) is 29.6. The van der Waals surface area contributed by atoms with Crippen LogP contribution >= 0.6 is 22.6 Å². The fourth-order valence-corrected chi connectivity index (χ4v) is 3.81. The number of amides is 2. The van der Waals surface area contributed by atoms with Crippen molar-refractivity contribution in [2.24, 2.45) is 0 Å². The minimum atomic E-state index is -0.154. The molecule has 5 heteroatoms. The minimum absolute atomic E-state index is 0.125. The van der Waals surface area contributed by atoms with Crippen LogP contribution in [0.25, 0.3) is 0 Å². The zero-order valence-corrected chi connectivity index (χ0v) is 18.0. The number of hydrogen-bond acceptors (Lipinski definition) is 2. The average Bonchev–Trinajstić information content (AvgIpc) is 2.74. The number of carbonyl (C=O) groups excluding carboxylic acids is 2. The number of para-hydroxylation sites is 2.